The van der Waals surface area contributed by atoms with E-state index in [1.54, 1.807) is 12.1 Å². The van der Waals surface area contributed by atoms with Crippen LogP contribution in [0.4, 0.5) is 0 Å². The van der Waals surface area contributed by atoms with Crippen molar-refractivity contribution in [3.05, 3.63) is 34.9 Å². The summed E-state index contributed by atoms with van der Waals surface area (Å²) in [5.41, 5.74) is 1.92. The molecule has 0 aliphatic carbocycles. The molecule has 1 heterocycles. The van der Waals surface area contributed by atoms with E-state index in [4.69, 9.17) is 5.11 Å². The Bertz CT molecular complexity index is 480. The van der Waals surface area contributed by atoms with E-state index in [1.165, 1.54) is 5.56 Å². The van der Waals surface area contributed by atoms with E-state index in [0.29, 0.717) is 12.1 Å². The first-order chi connectivity index (χ1) is 8.97. The third kappa shape index (κ3) is 2.96. The number of carbonyl (C=O) groups is 1. The molecule has 0 unspecified atom stereocenters. The van der Waals surface area contributed by atoms with Gasteiger partial charge in [0, 0.05) is 19.6 Å². The monoisotopic (exact) mass is 263 g/mol. The number of fused-ring (bicyclic) bond motifs is 1. The molecule has 4 heteroatoms. The zero-order valence-electron chi connectivity index (χ0n) is 11.5. The molecule has 1 aromatic rings. The van der Waals surface area contributed by atoms with Crippen molar-refractivity contribution < 1.29 is 15.0 Å². The van der Waals surface area contributed by atoms with Gasteiger partial charge in [0.1, 0.15) is 0 Å². The number of rotatable bonds is 5. The maximum atomic E-state index is 11.0. The quantitative estimate of drug-likeness (QED) is 0.855. The molecule has 1 aliphatic rings. The van der Waals surface area contributed by atoms with Gasteiger partial charge in [0.2, 0.25) is 0 Å². The second-order valence-corrected chi connectivity index (χ2v) is 5.37. The Kier molecular flexibility index (Phi) is 3.92. The Morgan fingerprint density at radius 1 is 1.26 bits per heavy atom. The molecule has 1 aliphatic heterocycles. The van der Waals surface area contributed by atoms with Crippen LogP contribution in [-0.2, 0) is 13.1 Å². The van der Waals surface area contributed by atoms with Gasteiger partial charge in [-0.2, -0.15) is 0 Å². The molecule has 0 spiro atoms. The largest absolute Gasteiger partial charge is 0.478 e. The summed E-state index contributed by atoms with van der Waals surface area (Å²) in [4.78, 5) is 13.1. The minimum absolute atomic E-state index is 0.335. The Labute approximate surface area is 113 Å². The SMILES string of the molecule is CCC(O)(CC)CN1Cc2ccc(C(=O)O)cc2C1. The fourth-order valence-electron chi connectivity index (χ4n) is 2.60. The van der Waals surface area contributed by atoms with Crippen molar-refractivity contribution in [3.63, 3.8) is 0 Å². The van der Waals surface area contributed by atoms with E-state index in [1.807, 2.05) is 19.9 Å². The van der Waals surface area contributed by atoms with Crippen LogP contribution in [0.1, 0.15) is 48.2 Å². The summed E-state index contributed by atoms with van der Waals surface area (Å²) in [6.45, 7) is 6.14. The van der Waals surface area contributed by atoms with Crippen LogP contribution in [0.25, 0.3) is 0 Å². The highest BCUT2D eigenvalue weighted by atomic mass is 16.4. The van der Waals surface area contributed by atoms with Crippen molar-refractivity contribution in [2.45, 2.75) is 45.4 Å². The van der Waals surface area contributed by atoms with Gasteiger partial charge in [-0.3, -0.25) is 4.90 Å². The van der Waals surface area contributed by atoms with Gasteiger partial charge in [-0.15, -0.1) is 0 Å². The number of β-amino-alcohol motifs (C(OH)–C–C–N with tert-alkyl or cyclic N) is 1. The Hall–Kier alpha value is -1.39. The third-order valence-corrected chi connectivity index (χ3v) is 4.08. The Morgan fingerprint density at radius 2 is 1.89 bits per heavy atom. The van der Waals surface area contributed by atoms with Crippen molar-refractivity contribution in [2.75, 3.05) is 6.54 Å². The van der Waals surface area contributed by atoms with Gasteiger partial charge in [-0.25, -0.2) is 4.79 Å². The van der Waals surface area contributed by atoms with Crippen molar-refractivity contribution in [1.29, 1.82) is 0 Å². The van der Waals surface area contributed by atoms with E-state index in [0.717, 1.165) is 31.5 Å². The van der Waals surface area contributed by atoms with Crippen molar-refractivity contribution in [1.82, 2.24) is 4.90 Å². The standard InChI is InChI=1S/C15H21NO3/c1-3-15(19,4-2)10-16-8-12-6-5-11(14(17)18)7-13(12)9-16/h5-7,19H,3-4,8-10H2,1-2H3,(H,17,18). The molecule has 0 saturated carbocycles. The number of hydrogen-bond donors (Lipinski definition) is 2. The molecular formula is C15H21NO3. The second kappa shape index (κ2) is 5.31. The maximum absolute atomic E-state index is 11.0. The van der Waals surface area contributed by atoms with Crippen LogP contribution in [-0.4, -0.2) is 33.2 Å². The first-order valence-electron chi connectivity index (χ1n) is 6.77. The van der Waals surface area contributed by atoms with Gasteiger partial charge in [-0.05, 0) is 36.1 Å². The molecule has 0 radical (unpaired) electrons. The molecule has 2 rings (SSSR count). The van der Waals surface area contributed by atoms with Crippen molar-refractivity contribution >= 4 is 5.97 Å². The summed E-state index contributed by atoms with van der Waals surface area (Å²) >= 11 is 0. The van der Waals surface area contributed by atoms with Crippen LogP contribution < -0.4 is 0 Å². The zero-order valence-corrected chi connectivity index (χ0v) is 11.5. The van der Waals surface area contributed by atoms with Gasteiger partial charge < -0.3 is 10.2 Å². The molecule has 0 bridgehead atoms. The van der Waals surface area contributed by atoms with Crippen molar-refractivity contribution in [2.24, 2.45) is 0 Å². The highest BCUT2D eigenvalue weighted by molar-refractivity contribution is 5.87. The van der Waals surface area contributed by atoms with Crippen LogP contribution in [0, 0.1) is 0 Å². The summed E-state index contributed by atoms with van der Waals surface area (Å²) in [7, 11) is 0. The topological polar surface area (TPSA) is 60.8 Å². The lowest BCUT2D eigenvalue weighted by molar-refractivity contribution is -0.00457. The van der Waals surface area contributed by atoms with E-state index in [9.17, 15) is 9.90 Å². The summed E-state index contributed by atoms with van der Waals surface area (Å²) in [6, 6.07) is 5.28. The molecule has 0 fully saturated rings. The van der Waals surface area contributed by atoms with Gasteiger partial charge >= 0.3 is 5.97 Å². The van der Waals surface area contributed by atoms with Crippen molar-refractivity contribution in [3.8, 4) is 0 Å². The summed E-state index contributed by atoms with van der Waals surface area (Å²) in [5.74, 6) is -0.889. The normalized spacial score (nSPS) is 15.5. The molecule has 104 valence electrons. The van der Waals surface area contributed by atoms with E-state index >= 15 is 0 Å². The van der Waals surface area contributed by atoms with Crippen LogP contribution in [0.2, 0.25) is 0 Å². The average Bonchev–Trinajstić information content (AvgIpc) is 2.79. The van der Waals surface area contributed by atoms with Crippen LogP contribution >= 0.6 is 0 Å². The molecule has 4 nitrogen and oxygen atoms in total. The smallest absolute Gasteiger partial charge is 0.335 e. The predicted octanol–water partition coefficient (Wildman–Crippen LogP) is 2.25. The van der Waals surface area contributed by atoms with Crippen LogP contribution in [0.15, 0.2) is 18.2 Å². The first kappa shape index (κ1) is 14.0. The third-order valence-electron chi connectivity index (χ3n) is 4.08. The number of carboxylic acids is 1. The molecule has 0 saturated heterocycles. The number of hydrogen-bond acceptors (Lipinski definition) is 3. The lowest BCUT2D eigenvalue weighted by atomic mass is 9.97. The zero-order chi connectivity index (χ0) is 14.0. The summed E-state index contributed by atoms with van der Waals surface area (Å²) in [6.07, 6.45) is 1.47. The Morgan fingerprint density at radius 3 is 2.47 bits per heavy atom. The number of carboxylic acid groups (broad SMARTS) is 1. The van der Waals surface area contributed by atoms with Gasteiger partial charge in [0.25, 0.3) is 0 Å². The van der Waals surface area contributed by atoms with E-state index < -0.39 is 11.6 Å². The Balaban J connectivity index is 2.10. The highest BCUT2D eigenvalue weighted by Gasteiger charge is 2.29. The first-order valence-corrected chi connectivity index (χ1v) is 6.77. The fraction of sp³-hybridized carbons (Fsp3) is 0.533. The molecule has 0 amide bonds. The van der Waals surface area contributed by atoms with Gasteiger partial charge in [-0.1, -0.05) is 19.9 Å². The fourth-order valence-corrected chi connectivity index (χ4v) is 2.60. The number of nitrogens with zero attached hydrogens (tertiary/aromatic N) is 1. The molecule has 19 heavy (non-hydrogen) atoms. The van der Waals surface area contributed by atoms with Gasteiger partial charge in [0.15, 0.2) is 0 Å². The highest BCUT2D eigenvalue weighted by Crippen LogP contribution is 2.27. The minimum atomic E-state index is -0.889. The molecule has 0 aromatic heterocycles. The maximum Gasteiger partial charge on any atom is 0.335 e. The average molecular weight is 263 g/mol. The lowest BCUT2D eigenvalue weighted by Crippen LogP contribution is -2.40. The predicted molar refractivity (Wildman–Crippen MR) is 73.0 cm³/mol. The van der Waals surface area contributed by atoms with E-state index in [-0.39, 0.29) is 0 Å². The molecular weight excluding hydrogens is 242 g/mol. The van der Waals surface area contributed by atoms with Gasteiger partial charge in [0.05, 0.1) is 11.2 Å². The van der Waals surface area contributed by atoms with E-state index in [2.05, 4.69) is 4.90 Å². The number of aliphatic hydroxyl groups is 1. The summed E-state index contributed by atoms with van der Waals surface area (Å²) in [5, 5.41) is 19.4. The summed E-state index contributed by atoms with van der Waals surface area (Å²) < 4.78 is 0. The molecule has 1 aromatic carbocycles. The minimum Gasteiger partial charge on any atom is -0.478 e. The van der Waals surface area contributed by atoms with Crippen LogP contribution in [0.5, 0.6) is 0 Å². The molecule has 2 N–H and O–H groups in total. The molecule has 0 atom stereocenters. The van der Waals surface area contributed by atoms with Crippen LogP contribution in [0.3, 0.4) is 0 Å². The number of aromatic carboxylic acids is 1. The number of benzene rings is 1. The lowest BCUT2D eigenvalue weighted by Gasteiger charge is -2.30. The second-order valence-electron chi connectivity index (χ2n) is 5.37.